The van der Waals surface area contributed by atoms with Crippen molar-refractivity contribution in [3.05, 3.63) is 52.7 Å². The number of rotatable bonds is 3. The molecule has 3 aromatic rings. The summed E-state index contributed by atoms with van der Waals surface area (Å²) in [5.41, 5.74) is 7.20. The van der Waals surface area contributed by atoms with Gasteiger partial charge in [0.15, 0.2) is 0 Å². The topological polar surface area (TPSA) is 74.7 Å². The predicted octanol–water partition coefficient (Wildman–Crippen LogP) is 3.06. The van der Waals surface area contributed by atoms with Gasteiger partial charge in [-0.05, 0) is 29.8 Å². The first-order valence-electron chi connectivity index (χ1n) is 6.69. The number of ether oxygens (including phenoxy) is 2. The minimum absolute atomic E-state index is 0.0796. The molecule has 1 heterocycles. The highest BCUT2D eigenvalue weighted by molar-refractivity contribution is 5.87. The second-order valence-corrected chi connectivity index (χ2v) is 4.76. The lowest BCUT2D eigenvalue weighted by Crippen LogP contribution is -2.08. The molecular weight excluding hydrogens is 282 g/mol. The molecule has 0 saturated heterocycles. The highest BCUT2D eigenvalue weighted by Crippen LogP contribution is 2.29. The Morgan fingerprint density at radius 2 is 1.59 bits per heavy atom. The summed E-state index contributed by atoms with van der Waals surface area (Å²) in [6.07, 6.45) is 0. The maximum Gasteiger partial charge on any atom is 0.202 e. The number of anilines is 1. The molecule has 0 aliphatic rings. The van der Waals surface area contributed by atoms with Crippen LogP contribution in [-0.4, -0.2) is 14.2 Å². The second kappa shape index (κ2) is 5.44. The van der Waals surface area contributed by atoms with E-state index in [1.165, 1.54) is 0 Å². The van der Waals surface area contributed by atoms with Crippen LogP contribution in [0.5, 0.6) is 11.5 Å². The van der Waals surface area contributed by atoms with E-state index in [9.17, 15) is 4.79 Å². The van der Waals surface area contributed by atoms with Crippen molar-refractivity contribution in [2.24, 2.45) is 0 Å². The Balaban J connectivity index is 2.23. The normalized spacial score (nSPS) is 10.6. The van der Waals surface area contributed by atoms with Gasteiger partial charge in [-0.15, -0.1) is 0 Å². The van der Waals surface area contributed by atoms with Gasteiger partial charge in [-0.1, -0.05) is 12.1 Å². The lowest BCUT2D eigenvalue weighted by molar-refractivity contribution is 0.414. The largest absolute Gasteiger partial charge is 0.497 e. The zero-order valence-electron chi connectivity index (χ0n) is 12.3. The molecule has 0 amide bonds. The first-order valence-corrected chi connectivity index (χ1v) is 6.69. The van der Waals surface area contributed by atoms with Crippen LogP contribution >= 0.6 is 0 Å². The summed E-state index contributed by atoms with van der Waals surface area (Å²) < 4.78 is 15.8. The van der Waals surface area contributed by atoms with E-state index in [1.807, 2.05) is 0 Å². The Labute approximate surface area is 126 Å². The number of benzene rings is 2. The third-order valence-corrected chi connectivity index (χ3v) is 3.51. The van der Waals surface area contributed by atoms with Crippen molar-refractivity contribution in [1.29, 1.82) is 0 Å². The summed E-state index contributed by atoms with van der Waals surface area (Å²) in [6.45, 7) is 0. The van der Waals surface area contributed by atoms with Gasteiger partial charge in [0.05, 0.1) is 25.2 Å². The number of nitrogen functional groups attached to an aromatic ring is 1. The van der Waals surface area contributed by atoms with Crippen molar-refractivity contribution in [2.45, 2.75) is 0 Å². The quantitative estimate of drug-likeness (QED) is 0.804. The number of hydrogen-bond donors (Lipinski definition) is 1. The fourth-order valence-corrected chi connectivity index (χ4v) is 2.35. The number of nitrogens with two attached hydrogens (primary N) is 1. The molecule has 2 aromatic carbocycles. The van der Waals surface area contributed by atoms with Crippen LogP contribution in [-0.2, 0) is 0 Å². The highest BCUT2D eigenvalue weighted by Gasteiger charge is 2.14. The van der Waals surface area contributed by atoms with Crippen molar-refractivity contribution >= 4 is 16.9 Å². The van der Waals surface area contributed by atoms with Crippen LogP contribution in [0.2, 0.25) is 0 Å². The van der Waals surface area contributed by atoms with E-state index < -0.39 is 0 Å². The molecule has 0 aliphatic carbocycles. The standard InChI is InChI=1S/C17H15NO4/c1-20-11-5-3-10(4-6-11)15-16(19)13-8-7-12(21-2)9-14(13)22-17(15)18/h3-9H,18H2,1-2H3. The van der Waals surface area contributed by atoms with Gasteiger partial charge in [0.2, 0.25) is 11.3 Å². The van der Waals surface area contributed by atoms with Gasteiger partial charge < -0.3 is 19.6 Å². The molecule has 5 nitrogen and oxygen atoms in total. The van der Waals surface area contributed by atoms with Crippen molar-refractivity contribution < 1.29 is 13.9 Å². The molecule has 1 aromatic heterocycles. The maximum atomic E-state index is 12.7. The Hall–Kier alpha value is -2.95. The smallest absolute Gasteiger partial charge is 0.202 e. The molecule has 0 radical (unpaired) electrons. The van der Waals surface area contributed by atoms with E-state index in [1.54, 1.807) is 56.7 Å². The molecule has 0 bridgehead atoms. The Kier molecular flexibility index (Phi) is 3.47. The monoisotopic (exact) mass is 297 g/mol. The zero-order valence-corrected chi connectivity index (χ0v) is 12.3. The minimum atomic E-state index is -0.174. The minimum Gasteiger partial charge on any atom is -0.497 e. The third kappa shape index (κ3) is 2.26. The molecule has 5 heteroatoms. The summed E-state index contributed by atoms with van der Waals surface area (Å²) in [5.74, 6) is 1.39. The third-order valence-electron chi connectivity index (χ3n) is 3.51. The molecule has 3 rings (SSSR count). The van der Waals surface area contributed by atoms with Gasteiger partial charge in [0.25, 0.3) is 0 Å². The Morgan fingerprint density at radius 3 is 2.23 bits per heavy atom. The second-order valence-electron chi connectivity index (χ2n) is 4.76. The van der Waals surface area contributed by atoms with Crippen molar-refractivity contribution in [3.8, 4) is 22.6 Å². The van der Waals surface area contributed by atoms with Crippen molar-refractivity contribution in [1.82, 2.24) is 0 Å². The molecule has 0 unspecified atom stereocenters. The van der Waals surface area contributed by atoms with E-state index in [-0.39, 0.29) is 11.3 Å². The first kappa shape index (κ1) is 14.0. The Morgan fingerprint density at radius 1 is 0.955 bits per heavy atom. The number of hydrogen-bond acceptors (Lipinski definition) is 5. The fourth-order valence-electron chi connectivity index (χ4n) is 2.35. The maximum absolute atomic E-state index is 12.7. The van der Waals surface area contributed by atoms with Gasteiger partial charge in [0, 0.05) is 6.07 Å². The highest BCUT2D eigenvalue weighted by atomic mass is 16.5. The molecular formula is C17H15NO4. The van der Waals surface area contributed by atoms with Crippen LogP contribution < -0.4 is 20.6 Å². The predicted molar refractivity (Wildman–Crippen MR) is 85.4 cm³/mol. The number of fused-ring (bicyclic) bond motifs is 1. The van der Waals surface area contributed by atoms with E-state index in [4.69, 9.17) is 19.6 Å². The molecule has 112 valence electrons. The van der Waals surface area contributed by atoms with Gasteiger partial charge in [-0.3, -0.25) is 4.79 Å². The summed E-state index contributed by atoms with van der Waals surface area (Å²) in [4.78, 5) is 12.7. The Bertz CT molecular complexity index is 882. The SMILES string of the molecule is COc1ccc(-c2c(N)oc3cc(OC)ccc3c2=O)cc1. The van der Waals surface area contributed by atoms with E-state index in [0.717, 1.165) is 0 Å². The average Bonchev–Trinajstić information content (AvgIpc) is 2.55. The molecule has 0 aliphatic heterocycles. The summed E-state index contributed by atoms with van der Waals surface area (Å²) in [6, 6.07) is 12.1. The van der Waals surface area contributed by atoms with Gasteiger partial charge in [-0.25, -0.2) is 0 Å². The van der Waals surface area contributed by atoms with Crippen LogP contribution in [0.4, 0.5) is 5.88 Å². The van der Waals surface area contributed by atoms with E-state index in [2.05, 4.69) is 0 Å². The summed E-state index contributed by atoms with van der Waals surface area (Å²) in [7, 11) is 3.13. The van der Waals surface area contributed by atoms with Crippen LogP contribution in [0.15, 0.2) is 51.7 Å². The van der Waals surface area contributed by atoms with Crippen LogP contribution in [0.25, 0.3) is 22.1 Å². The van der Waals surface area contributed by atoms with E-state index >= 15 is 0 Å². The van der Waals surface area contributed by atoms with Crippen LogP contribution in [0.3, 0.4) is 0 Å². The van der Waals surface area contributed by atoms with Crippen LogP contribution in [0, 0.1) is 0 Å². The molecule has 0 fully saturated rings. The fraction of sp³-hybridized carbons (Fsp3) is 0.118. The number of methoxy groups -OCH3 is 2. The van der Waals surface area contributed by atoms with Gasteiger partial charge in [-0.2, -0.15) is 0 Å². The lowest BCUT2D eigenvalue weighted by Gasteiger charge is -2.08. The van der Waals surface area contributed by atoms with Crippen molar-refractivity contribution in [2.75, 3.05) is 20.0 Å². The van der Waals surface area contributed by atoms with Crippen LogP contribution in [0.1, 0.15) is 0 Å². The molecule has 0 spiro atoms. The van der Waals surface area contributed by atoms with Gasteiger partial charge in [0.1, 0.15) is 17.1 Å². The summed E-state index contributed by atoms with van der Waals surface area (Å²) >= 11 is 0. The summed E-state index contributed by atoms with van der Waals surface area (Å²) in [5, 5.41) is 0.459. The molecule has 0 atom stereocenters. The molecule has 2 N–H and O–H groups in total. The van der Waals surface area contributed by atoms with Crippen molar-refractivity contribution in [3.63, 3.8) is 0 Å². The average molecular weight is 297 g/mol. The first-order chi connectivity index (χ1) is 10.6. The molecule has 22 heavy (non-hydrogen) atoms. The van der Waals surface area contributed by atoms with E-state index in [0.29, 0.717) is 33.6 Å². The zero-order chi connectivity index (χ0) is 15.7. The lowest BCUT2D eigenvalue weighted by atomic mass is 10.0. The molecule has 0 saturated carbocycles. The van der Waals surface area contributed by atoms with Gasteiger partial charge >= 0.3 is 0 Å².